The maximum absolute atomic E-state index is 12.8. The van der Waals surface area contributed by atoms with Gasteiger partial charge in [0.05, 0.1) is 6.04 Å². The Morgan fingerprint density at radius 3 is 1.83 bits per heavy atom. The Balaban J connectivity index is -0.000000994. The van der Waals surface area contributed by atoms with Gasteiger partial charge in [-0.3, -0.25) is 9.59 Å². The molecule has 0 heterocycles. The Hall–Kier alpha value is -1.84. The van der Waals surface area contributed by atoms with E-state index in [9.17, 15) is 14.4 Å². The molecule has 2 unspecified atom stereocenters. The molecule has 0 aliphatic rings. The SMILES string of the molecule is CB(C#N)CC(=O)NC(C(=O)N(C)C(C=O)C(C)C)C(C)(C)C.CC.CC(C)C. The van der Waals surface area contributed by atoms with E-state index in [0.717, 1.165) is 12.2 Å². The Kier molecular flexibility index (Phi) is 17.6. The second-order valence-electron chi connectivity index (χ2n) is 9.15. The molecule has 0 bridgehead atoms. The standard InChI is InChI=1S/C16H28BN3O3.C4H10.C2H6/c1-11(2)12(9-21)20(7)15(23)14(16(3,4)5)19-13(22)8-17(6)10-18;1-4(2)3;1-2/h9,11-12,14H,8H2,1-7H3,(H,19,22);4H,1-3H3;1-2H3. The van der Waals surface area contributed by atoms with Crippen molar-refractivity contribution < 1.29 is 14.4 Å². The fraction of sp³-hybridized carbons (Fsp3) is 0.818. The fourth-order valence-corrected chi connectivity index (χ4v) is 2.24. The first-order valence-corrected chi connectivity index (χ1v) is 10.6. The van der Waals surface area contributed by atoms with Crippen molar-refractivity contribution in [3.8, 4) is 5.97 Å². The third kappa shape index (κ3) is 14.8. The predicted molar refractivity (Wildman–Crippen MR) is 123 cm³/mol. The number of carbonyl (C=O) groups is 3. The van der Waals surface area contributed by atoms with Crippen molar-refractivity contribution in [1.82, 2.24) is 10.2 Å². The van der Waals surface area contributed by atoms with Gasteiger partial charge in [-0.15, -0.1) is 0 Å². The number of hydrogen-bond acceptors (Lipinski definition) is 4. The van der Waals surface area contributed by atoms with Crippen LogP contribution in [0.4, 0.5) is 0 Å². The highest BCUT2D eigenvalue weighted by molar-refractivity contribution is 6.68. The highest BCUT2D eigenvalue weighted by Gasteiger charge is 2.37. The Labute approximate surface area is 179 Å². The highest BCUT2D eigenvalue weighted by Crippen LogP contribution is 2.22. The van der Waals surface area contributed by atoms with Crippen molar-refractivity contribution in [2.45, 2.75) is 94.5 Å². The second-order valence-corrected chi connectivity index (χ2v) is 9.15. The molecule has 0 spiro atoms. The van der Waals surface area contributed by atoms with Gasteiger partial charge in [0, 0.05) is 19.3 Å². The lowest BCUT2D eigenvalue weighted by molar-refractivity contribution is -0.142. The Morgan fingerprint density at radius 2 is 1.55 bits per heavy atom. The van der Waals surface area contributed by atoms with Gasteiger partial charge in [-0.2, -0.15) is 0 Å². The summed E-state index contributed by atoms with van der Waals surface area (Å²) < 4.78 is 0. The van der Waals surface area contributed by atoms with Crippen molar-refractivity contribution in [1.29, 1.82) is 5.26 Å². The van der Waals surface area contributed by atoms with E-state index in [1.165, 1.54) is 4.90 Å². The minimum absolute atomic E-state index is 0.0172. The molecule has 0 aromatic heterocycles. The van der Waals surface area contributed by atoms with E-state index in [1.807, 2.05) is 54.4 Å². The number of nitrogens with zero attached hydrogens (tertiary/aromatic N) is 2. The molecule has 168 valence electrons. The van der Waals surface area contributed by atoms with Crippen LogP contribution in [0.2, 0.25) is 13.1 Å². The summed E-state index contributed by atoms with van der Waals surface area (Å²) in [5, 5.41) is 11.5. The number of hydrogen-bond donors (Lipinski definition) is 1. The quantitative estimate of drug-likeness (QED) is 0.507. The first-order chi connectivity index (χ1) is 13.2. The van der Waals surface area contributed by atoms with Gasteiger partial charge in [0.1, 0.15) is 12.3 Å². The summed E-state index contributed by atoms with van der Waals surface area (Å²) in [6.45, 7) is 21.0. The molecule has 0 aromatic carbocycles. The number of likely N-dealkylation sites (N-methyl/N-ethyl adjacent to an activating group) is 1. The molecule has 0 aromatic rings. The maximum Gasteiger partial charge on any atom is 0.274 e. The fourth-order valence-electron chi connectivity index (χ4n) is 2.24. The van der Waals surface area contributed by atoms with Crippen molar-refractivity contribution >= 4 is 24.8 Å². The third-order valence-corrected chi connectivity index (χ3v) is 3.75. The first kappa shape index (κ1) is 31.8. The lowest BCUT2D eigenvalue weighted by Gasteiger charge is -2.36. The lowest BCUT2D eigenvalue weighted by atomic mass is 9.51. The summed E-state index contributed by atoms with van der Waals surface area (Å²) in [5.74, 6) is 2.17. The number of rotatable bonds is 7. The summed E-state index contributed by atoms with van der Waals surface area (Å²) in [7, 11) is 1.57. The number of carbonyl (C=O) groups excluding carboxylic acids is 3. The zero-order chi connectivity index (χ0) is 23.9. The van der Waals surface area contributed by atoms with E-state index < -0.39 is 24.2 Å². The monoisotopic (exact) mass is 409 g/mol. The number of amides is 2. The number of nitriles is 1. The molecule has 0 fully saturated rings. The second kappa shape index (κ2) is 16.0. The van der Waals surface area contributed by atoms with Crippen LogP contribution in [0.1, 0.15) is 69.2 Å². The molecule has 2 amide bonds. The zero-order valence-corrected chi connectivity index (χ0v) is 20.8. The van der Waals surface area contributed by atoms with Crippen LogP contribution in [-0.2, 0) is 14.4 Å². The molecule has 7 heteroatoms. The van der Waals surface area contributed by atoms with Crippen LogP contribution in [0.3, 0.4) is 0 Å². The molecular formula is C22H44BN3O3. The van der Waals surface area contributed by atoms with E-state index in [1.54, 1.807) is 13.9 Å². The minimum Gasteiger partial charge on any atom is -0.344 e. The smallest absolute Gasteiger partial charge is 0.274 e. The van der Waals surface area contributed by atoms with Crippen molar-refractivity contribution in [3.63, 3.8) is 0 Å². The number of aldehydes is 1. The van der Waals surface area contributed by atoms with Gasteiger partial charge < -0.3 is 15.0 Å². The highest BCUT2D eigenvalue weighted by atomic mass is 16.2. The third-order valence-electron chi connectivity index (χ3n) is 3.75. The van der Waals surface area contributed by atoms with Gasteiger partial charge in [-0.05, 0) is 17.3 Å². The van der Waals surface area contributed by atoms with Crippen LogP contribution in [0.5, 0.6) is 0 Å². The van der Waals surface area contributed by atoms with E-state index in [0.29, 0.717) is 0 Å². The average Bonchev–Trinajstić information content (AvgIpc) is 2.59. The van der Waals surface area contributed by atoms with E-state index >= 15 is 0 Å². The molecule has 0 radical (unpaired) electrons. The van der Waals surface area contributed by atoms with Crippen molar-refractivity contribution in [2.24, 2.45) is 17.3 Å². The summed E-state index contributed by atoms with van der Waals surface area (Å²) in [6.07, 6.45) is 0.795. The topological polar surface area (TPSA) is 90.3 Å². The summed E-state index contributed by atoms with van der Waals surface area (Å²) >= 11 is 0. The van der Waals surface area contributed by atoms with E-state index in [-0.39, 0.29) is 24.1 Å². The van der Waals surface area contributed by atoms with E-state index in [4.69, 9.17) is 5.26 Å². The maximum atomic E-state index is 12.8. The summed E-state index contributed by atoms with van der Waals surface area (Å²) in [4.78, 5) is 37.5. The van der Waals surface area contributed by atoms with Gasteiger partial charge in [-0.25, -0.2) is 5.26 Å². The first-order valence-electron chi connectivity index (χ1n) is 10.6. The largest absolute Gasteiger partial charge is 0.344 e. The molecule has 0 rings (SSSR count). The molecule has 29 heavy (non-hydrogen) atoms. The van der Waals surface area contributed by atoms with Gasteiger partial charge in [0.25, 0.3) is 6.71 Å². The normalized spacial score (nSPS) is 12.3. The van der Waals surface area contributed by atoms with Gasteiger partial charge in [0.15, 0.2) is 0 Å². The van der Waals surface area contributed by atoms with Crippen molar-refractivity contribution in [3.05, 3.63) is 0 Å². The molecule has 0 saturated heterocycles. The van der Waals surface area contributed by atoms with Crippen molar-refractivity contribution in [2.75, 3.05) is 7.05 Å². The minimum atomic E-state index is -0.757. The lowest BCUT2D eigenvalue weighted by Crippen LogP contribution is -2.57. The van der Waals surface area contributed by atoms with Crippen LogP contribution in [-0.4, -0.2) is 48.8 Å². The van der Waals surface area contributed by atoms with Crippen LogP contribution >= 0.6 is 0 Å². The summed E-state index contributed by atoms with van der Waals surface area (Å²) in [5.41, 5.74) is -0.513. The van der Waals surface area contributed by atoms with Crippen LogP contribution in [0.25, 0.3) is 0 Å². The average molecular weight is 409 g/mol. The van der Waals surface area contributed by atoms with Gasteiger partial charge >= 0.3 is 0 Å². The molecule has 1 N–H and O–H groups in total. The van der Waals surface area contributed by atoms with Crippen LogP contribution in [0, 0.1) is 28.5 Å². The summed E-state index contributed by atoms with van der Waals surface area (Å²) in [6, 6.07) is -1.30. The van der Waals surface area contributed by atoms with E-state index in [2.05, 4.69) is 26.1 Å². The Bertz CT molecular complexity index is 520. The van der Waals surface area contributed by atoms with Crippen LogP contribution in [0.15, 0.2) is 0 Å². The molecule has 0 aliphatic carbocycles. The molecule has 2 atom stereocenters. The predicted octanol–water partition coefficient (Wildman–Crippen LogP) is 4.08. The zero-order valence-electron chi connectivity index (χ0n) is 20.8. The molecular weight excluding hydrogens is 365 g/mol. The molecule has 6 nitrogen and oxygen atoms in total. The van der Waals surface area contributed by atoms with Gasteiger partial charge in [-0.1, -0.05) is 76.1 Å². The number of nitrogens with one attached hydrogen (secondary N) is 1. The van der Waals surface area contributed by atoms with Gasteiger partial charge in [0.2, 0.25) is 11.8 Å². The molecule has 0 aliphatic heterocycles. The molecule has 0 saturated carbocycles. The van der Waals surface area contributed by atoms with Crippen LogP contribution < -0.4 is 5.32 Å². The Morgan fingerprint density at radius 1 is 1.14 bits per heavy atom.